The molecule has 0 aromatic carbocycles. The second kappa shape index (κ2) is 6.60. The number of rotatable bonds is 3. The van der Waals surface area contributed by atoms with Gasteiger partial charge in [0, 0.05) is 12.6 Å². The van der Waals surface area contributed by atoms with E-state index >= 15 is 0 Å². The van der Waals surface area contributed by atoms with Gasteiger partial charge in [0.1, 0.15) is 11.3 Å². The molecule has 1 atom stereocenters. The van der Waals surface area contributed by atoms with E-state index in [0.29, 0.717) is 11.5 Å². The summed E-state index contributed by atoms with van der Waals surface area (Å²) in [6.45, 7) is 1.63. The number of pyridine rings is 1. The van der Waals surface area contributed by atoms with Gasteiger partial charge >= 0.3 is 0 Å². The lowest BCUT2D eigenvalue weighted by atomic mass is 10.2. The smallest absolute Gasteiger partial charge is 0.261 e. The van der Waals surface area contributed by atoms with Crippen molar-refractivity contribution in [1.29, 1.82) is 0 Å². The second-order valence-corrected chi connectivity index (χ2v) is 4.76. The van der Waals surface area contributed by atoms with Gasteiger partial charge in [0.15, 0.2) is 0 Å². The minimum absolute atomic E-state index is 0. The molecule has 2 aromatic rings. The van der Waals surface area contributed by atoms with Crippen LogP contribution in [0, 0.1) is 0 Å². The van der Waals surface area contributed by atoms with E-state index in [1.807, 2.05) is 0 Å². The van der Waals surface area contributed by atoms with Crippen molar-refractivity contribution in [3.8, 4) is 11.5 Å². The SMILES string of the molecule is Cl.O=C(NC1CCNC1)c1ccc(-c2ccco2)[nH]c1=O. The Morgan fingerprint density at radius 2 is 2.19 bits per heavy atom. The van der Waals surface area contributed by atoms with Crippen LogP contribution in [0.5, 0.6) is 0 Å². The van der Waals surface area contributed by atoms with Gasteiger partial charge in [-0.2, -0.15) is 0 Å². The lowest BCUT2D eigenvalue weighted by Crippen LogP contribution is -2.38. The van der Waals surface area contributed by atoms with Crippen molar-refractivity contribution in [3.05, 3.63) is 46.4 Å². The average molecular weight is 310 g/mol. The Bertz CT molecular complexity index is 660. The number of nitrogens with one attached hydrogen (secondary N) is 3. The molecule has 7 heteroatoms. The quantitative estimate of drug-likeness (QED) is 0.793. The zero-order chi connectivity index (χ0) is 13.9. The van der Waals surface area contributed by atoms with Gasteiger partial charge in [-0.1, -0.05) is 0 Å². The Hall–Kier alpha value is -2.05. The normalized spacial score (nSPS) is 17.2. The average Bonchev–Trinajstić information content (AvgIpc) is 3.11. The minimum Gasteiger partial charge on any atom is -0.463 e. The van der Waals surface area contributed by atoms with E-state index in [1.54, 1.807) is 18.2 Å². The van der Waals surface area contributed by atoms with E-state index in [2.05, 4.69) is 15.6 Å². The van der Waals surface area contributed by atoms with Crippen molar-refractivity contribution in [3.63, 3.8) is 0 Å². The Labute approximate surface area is 127 Å². The number of hydrogen-bond acceptors (Lipinski definition) is 4. The molecule has 0 spiro atoms. The number of aromatic nitrogens is 1. The number of aromatic amines is 1. The van der Waals surface area contributed by atoms with Crippen molar-refractivity contribution in [2.45, 2.75) is 12.5 Å². The number of carbonyl (C=O) groups excluding carboxylic acids is 1. The molecule has 0 bridgehead atoms. The summed E-state index contributed by atoms with van der Waals surface area (Å²) in [6, 6.07) is 6.76. The molecule has 6 nitrogen and oxygen atoms in total. The first-order chi connectivity index (χ1) is 9.74. The standard InChI is InChI=1S/C14H15N3O3.ClH/c18-13(16-9-5-6-15-8-9)10-3-4-11(17-14(10)19)12-2-1-7-20-12;/h1-4,7,9,15H,5-6,8H2,(H,16,18)(H,17,19);1H. The van der Waals surface area contributed by atoms with Gasteiger partial charge in [-0.05, 0) is 37.2 Å². The van der Waals surface area contributed by atoms with Crippen LogP contribution in [0.2, 0.25) is 0 Å². The fourth-order valence-corrected chi connectivity index (χ4v) is 2.27. The van der Waals surface area contributed by atoms with Gasteiger partial charge in [0.25, 0.3) is 11.5 Å². The highest BCUT2D eigenvalue weighted by molar-refractivity contribution is 5.94. The lowest BCUT2D eigenvalue weighted by molar-refractivity contribution is 0.0938. The highest BCUT2D eigenvalue weighted by Crippen LogP contribution is 2.15. The maximum absolute atomic E-state index is 12.0. The predicted molar refractivity (Wildman–Crippen MR) is 80.8 cm³/mol. The molecule has 3 rings (SSSR count). The molecule has 1 aliphatic heterocycles. The Morgan fingerprint density at radius 1 is 1.33 bits per heavy atom. The lowest BCUT2D eigenvalue weighted by Gasteiger charge is -2.10. The first-order valence-corrected chi connectivity index (χ1v) is 6.53. The van der Waals surface area contributed by atoms with Crippen LogP contribution in [-0.4, -0.2) is 30.0 Å². The van der Waals surface area contributed by atoms with Crippen molar-refractivity contribution < 1.29 is 9.21 Å². The monoisotopic (exact) mass is 309 g/mol. The molecule has 2 aromatic heterocycles. The van der Waals surface area contributed by atoms with Crippen LogP contribution in [-0.2, 0) is 0 Å². The summed E-state index contributed by atoms with van der Waals surface area (Å²) in [6.07, 6.45) is 2.41. The van der Waals surface area contributed by atoms with Crippen molar-refractivity contribution in [1.82, 2.24) is 15.6 Å². The number of amides is 1. The maximum atomic E-state index is 12.0. The molecule has 0 saturated carbocycles. The van der Waals surface area contributed by atoms with Crippen molar-refractivity contribution in [2.75, 3.05) is 13.1 Å². The number of H-pyrrole nitrogens is 1. The molecule has 3 N–H and O–H groups in total. The topological polar surface area (TPSA) is 87.1 Å². The van der Waals surface area contributed by atoms with Crippen LogP contribution < -0.4 is 16.2 Å². The summed E-state index contributed by atoms with van der Waals surface area (Å²) < 4.78 is 5.20. The van der Waals surface area contributed by atoms with Crippen LogP contribution in [0.15, 0.2) is 39.7 Å². The summed E-state index contributed by atoms with van der Waals surface area (Å²) in [7, 11) is 0. The number of carbonyl (C=O) groups is 1. The van der Waals surface area contributed by atoms with E-state index in [1.165, 1.54) is 12.3 Å². The van der Waals surface area contributed by atoms with Gasteiger partial charge in [0.2, 0.25) is 0 Å². The third kappa shape index (κ3) is 3.34. The zero-order valence-electron chi connectivity index (χ0n) is 11.2. The Balaban J connectivity index is 0.00000161. The van der Waals surface area contributed by atoms with Gasteiger partial charge in [-0.25, -0.2) is 0 Å². The zero-order valence-corrected chi connectivity index (χ0v) is 12.0. The summed E-state index contributed by atoms with van der Waals surface area (Å²) in [5.74, 6) is 0.222. The molecular formula is C14H16ClN3O3. The third-order valence-electron chi connectivity index (χ3n) is 3.34. The fraction of sp³-hybridized carbons (Fsp3) is 0.286. The maximum Gasteiger partial charge on any atom is 0.261 e. The van der Waals surface area contributed by atoms with E-state index in [-0.39, 0.29) is 29.9 Å². The van der Waals surface area contributed by atoms with Crippen LogP contribution >= 0.6 is 12.4 Å². The first kappa shape index (κ1) is 15.3. The molecule has 0 radical (unpaired) electrons. The summed E-state index contributed by atoms with van der Waals surface area (Å²) in [4.78, 5) is 26.7. The largest absolute Gasteiger partial charge is 0.463 e. The second-order valence-electron chi connectivity index (χ2n) is 4.76. The molecular weight excluding hydrogens is 294 g/mol. The Kier molecular flexibility index (Phi) is 4.82. The van der Waals surface area contributed by atoms with Gasteiger partial charge in [0.05, 0.1) is 12.0 Å². The van der Waals surface area contributed by atoms with Gasteiger partial charge in [-0.3, -0.25) is 9.59 Å². The third-order valence-corrected chi connectivity index (χ3v) is 3.34. The highest BCUT2D eigenvalue weighted by Gasteiger charge is 2.19. The summed E-state index contributed by atoms with van der Waals surface area (Å²) in [5, 5.41) is 6.00. The summed E-state index contributed by atoms with van der Waals surface area (Å²) >= 11 is 0. The Morgan fingerprint density at radius 3 is 2.81 bits per heavy atom. The van der Waals surface area contributed by atoms with E-state index < -0.39 is 5.56 Å². The van der Waals surface area contributed by atoms with E-state index in [9.17, 15) is 9.59 Å². The van der Waals surface area contributed by atoms with Gasteiger partial charge < -0.3 is 20.0 Å². The summed E-state index contributed by atoms with van der Waals surface area (Å²) in [5.41, 5.74) is 0.258. The number of halogens is 1. The minimum atomic E-state index is -0.414. The molecule has 1 saturated heterocycles. The van der Waals surface area contributed by atoms with E-state index in [0.717, 1.165) is 19.5 Å². The predicted octanol–water partition coefficient (Wildman–Crippen LogP) is 1.15. The van der Waals surface area contributed by atoms with Crippen LogP contribution in [0.4, 0.5) is 0 Å². The van der Waals surface area contributed by atoms with Crippen molar-refractivity contribution >= 4 is 18.3 Å². The van der Waals surface area contributed by atoms with Crippen LogP contribution in [0.3, 0.4) is 0 Å². The van der Waals surface area contributed by atoms with Crippen molar-refractivity contribution in [2.24, 2.45) is 0 Å². The number of furan rings is 1. The molecule has 1 amide bonds. The molecule has 1 unspecified atom stereocenters. The molecule has 0 aliphatic carbocycles. The fourth-order valence-electron chi connectivity index (χ4n) is 2.27. The van der Waals surface area contributed by atoms with Crippen LogP contribution in [0.25, 0.3) is 11.5 Å². The van der Waals surface area contributed by atoms with Crippen LogP contribution in [0.1, 0.15) is 16.8 Å². The molecule has 1 fully saturated rings. The molecule has 21 heavy (non-hydrogen) atoms. The highest BCUT2D eigenvalue weighted by atomic mass is 35.5. The van der Waals surface area contributed by atoms with E-state index in [4.69, 9.17) is 4.42 Å². The van der Waals surface area contributed by atoms with Gasteiger partial charge in [-0.15, -0.1) is 12.4 Å². The molecule has 112 valence electrons. The molecule has 3 heterocycles. The molecule has 1 aliphatic rings. The first-order valence-electron chi connectivity index (χ1n) is 6.53. The number of hydrogen-bond donors (Lipinski definition) is 3.